The summed E-state index contributed by atoms with van der Waals surface area (Å²) in [6.45, 7) is 2.64. The van der Waals surface area contributed by atoms with Gasteiger partial charge in [0.2, 0.25) is 0 Å². The van der Waals surface area contributed by atoms with Gasteiger partial charge in [-0.2, -0.15) is 0 Å². The lowest BCUT2D eigenvalue weighted by Crippen LogP contribution is -2.22. The maximum atomic E-state index is 7.20. The summed E-state index contributed by atoms with van der Waals surface area (Å²) in [5, 5.41) is 0. The van der Waals surface area contributed by atoms with E-state index in [2.05, 4.69) is 24.3 Å². The molecule has 0 fully saturated rings. The van der Waals surface area contributed by atoms with E-state index in [4.69, 9.17) is 16.3 Å². The maximum absolute atomic E-state index is 7.20. The summed E-state index contributed by atoms with van der Waals surface area (Å²) in [5.74, 6) is 0.858. The molecule has 1 nitrogen and oxygen atoms in total. The van der Waals surface area contributed by atoms with Gasteiger partial charge in [-0.15, -0.1) is 11.6 Å². The van der Waals surface area contributed by atoms with Crippen LogP contribution in [0.2, 0.25) is 0 Å². The number of hydrogen-bond acceptors (Lipinski definition) is 1. The maximum Gasteiger partial charge on any atom is 0.119 e. The second-order valence-corrected chi connectivity index (χ2v) is 5.91. The van der Waals surface area contributed by atoms with Crippen molar-refractivity contribution in [2.24, 2.45) is 0 Å². The second kappa shape index (κ2) is 6.89. The summed E-state index contributed by atoms with van der Waals surface area (Å²) in [4.78, 5) is -0.715. The molecule has 0 radical (unpaired) electrons. The molecule has 3 rings (SSSR count). The normalized spacial score (nSPS) is 11.2. The highest BCUT2D eigenvalue weighted by Gasteiger charge is 2.33. The highest BCUT2D eigenvalue weighted by Crippen LogP contribution is 2.43. The molecule has 3 aromatic carbocycles. The van der Waals surface area contributed by atoms with Gasteiger partial charge in [-0.25, -0.2) is 0 Å². The van der Waals surface area contributed by atoms with Gasteiger partial charge in [0, 0.05) is 0 Å². The molecule has 0 aliphatic heterocycles. The molecule has 0 heterocycles. The molecule has 0 spiro atoms. The Bertz CT molecular complexity index is 696. The molecule has 23 heavy (non-hydrogen) atoms. The highest BCUT2D eigenvalue weighted by atomic mass is 35.5. The number of halogens is 1. The lowest BCUT2D eigenvalue weighted by atomic mass is 9.84. The molecule has 0 N–H and O–H groups in total. The van der Waals surface area contributed by atoms with E-state index in [9.17, 15) is 0 Å². The summed E-state index contributed by atoms with van der Waals surface area (Å²) < 4.78 is 5.54. The largest absolute Gasteiger partial charge is 0.494 e. The predicted molar refractivity (Wildman–Crippen MR) is 96.2 cm³/mol. The molecule has 116 valence electrons. The average Bonchev–Trinajstić information content (AvgIpc) is 2.63. The molecule has 0 aliphatic carbocycles. The Morgan fingerprint density at radius 2 is 1.13 bits per heavy atom. The van der Waals surface area contributed by atoms with Crippen molar-refractivity contribution in [1.82, 2.24) is 0 Å². The van der Waals surface area contributed by atoms with E-state index >= 15 is 0 Å². The van der Waals surface area contributed by atoms with E-state index < -0.39 is 4.87 Å². The van der Waals surface area contributed by atoms with E-state index in [0.29, 0.717) is 6.61 Å². The Morgan fingerprint density at radius 1 is 0.696 bits per heavy atom. The van der Waals surface area contributed by atoms with E-state index in [1.54, 1.807) is 0 Å². The monoisotopic (exact) mass is 322 g/mol. The number of ether oxygens (including phenoxy) is 1. The fraction of sp³-hybridized carbons (Fsp3) is 0.143. The second-order valence-electron chi connectivity index (χ2n) is 5.35. The first kappa shape index (κ1) is 15.6. The molecule has 0 aromatic heterocycles. The van der Waals surface area contributed by atoms with Crippen molar-refractivity contribution < 1.29 is 4.74 Å². The van der Waals surface area contributed by atoms with Gasteiger partial charge in [-0.3, -0.25) is 0 Å². The van der Waals surface area contributed by atoms with Crippen LogP contribution in [0.25, 0.3) is 0 Å². The first-order valence-corrected chi connectivity index (χ1v) is 8.16. The van der Waals surface area contributed by atoms with Gasteiger partial charge in [-0.05, 0) is 35.7 Å². The molecule has 0 unspecified atom stereocenters. The summed E-state index contributed by atoms with van der Waals surface area (Å²) in [5.41, 5.74) is 3.13. The van der Waals surface area contributed by atoms with Gasteiger partial charge >= 0.3 is 0 Å². The number of benzene rings is 3. The van der Waals surface area contributed by atoms with Gasteiger partial charge in [-0.1, -0.05) is 72.8 Å². The zero-order valence-electron chi connectivity index (χ0n) is 13.1. The Hall–Kier alpha value is -2.25. The smallest absolute Gasteiger partial charge is 0.119 e. The van der Waals surface area contributed by atoms with Crippen LogP contribution in [0.3, 0.4) is 0 Å². The van der Waals surface area contributed by atoms with Crippen molar-refractivity contribution >= 4 is 11.6 Å². The van der Waals surface area contributed by atoms with Gasteiger partial charge < -0.3 is 4.74 Å². The third kappa shape index (κ3) is 3.11. The SMILES string of the molecule is CCOc1ccc(C(Cl)(c2ccccc2)c2ccccc2)cc1. The van der Waals surface area contributed by atoms with Crippen LogP contribution in [-0.4, -0.2) is 6.61 Å². The quantitative estimate of drug-likeness (QED) is 0.438. The third-order valence-electron chi connectivity index (χ3n) is 3.91. The standard InChI is InChI=1S/C21H19ClO/c1-2-23-20-15-13-19(14-16-20)21(22,17-9-5-3-6-10-17)18-11-7-4-8-12-18/h3-16H,2H2,1H3. The highest BCUT2D eigenvalue weighted by molar-refractivity contribution is 6.28. The Morgan fingerprint density at radius 3 is 1.57 bits per heavy atom. The molecule has 0 amide bonds. The third-order valence-corrected chi connectivity index (χ3v) is 4.56. The summed E-state index contributed by atoms with van der Waals surface area (Å²) >= 11 is 7.20. The minimum atomic E-state index is -0.715. The van der Waals surface area contributed by atoms with Crippen LogP contribution in [0.5, 0.6) is 5.75 Å². The van der Waals surface area contributed by atoms with Crippen molar-refractivity contribution in [3.05, 3.63) is 102 Å². The zero-order chi connectivity index (χ0) is 16.1. The van der Waals surface area contributed by atoms with E-state index in [-0.39, 0.29) is 0 Å². The van der Waals surface area contributed by atoms with Crippen molar-refractivity contribution in [3.63, 3.8) is 0 Å². The number of hydrogen-bond donors (Lipinski definition) is 0. The summed E-state index contributed by atoms with van der Waals surface area (Å²) in [6.07, 6.45) is 0. The van der Waals surface area contributed by atoms with Crippen LogP contribution in [0.1, 0.15) is 23.6 Å². The van der Waals surface area contributed by atoms with Gasteiger partial charge in [0.25, 0.3) is 0 Å². The number of alkyl halides is 1. The zero-order valence-corrected chi connectivity index (χ0v) is 13.8. The number of rotatable bonds is 5. The van der Waals surface area contributed by atoms with Crippen LogP contribution in [0.4, 0.5) is 0 Å². The Kier molecular flexibility index (Phi) is 4.68. The van der Waals surface area contributed by atoms with Crippen LogP contribution in [0.15, 0.2) is 84.9 Å². The lowest BCUT2D eigenvalue weighted by Gasteiger charge is -2.29. The summed E-state index contributed by atoms with van der Waals surface area (Å²) in [7, 11) is 0. The summed E-state index contributed by atoms with van der Waals surface area (Å²) in [6, 6.07) is 28.4. The van der Waals surface area contributed by atoms with Crippen LogP contribution in [0, 0.1) is 0 Å². The molecule has 0 saturated heterocycles. The minimum absolute atomic E-state index is 0.655. The van der Waals surface area contributed by atoms with Crippen molar-refractivity contribution in [2.45, 2.75) is 11.8 Å². The molecular formula is C21H19ClO. The fourth-order valence-electron chi connectivity index (χ4n) is 2.78. The molecule has 3 aromatic rings. The van der Waals surface area contributed by atoms with Crippen LogP contribution in [-0.2, 0) is 4.87 Å². The first-order chi connectivity index (χ1) is 11.2. The van der Waals surface area contributed by atoms with E-state index in [0.717, 1.165) is 22.4 Å². The first-order valence-electron chi connectivity index (χ1n) is 7.78. The van der Waals surface area contributed by atoms with E-state index in [1.165, 1.54) is 0 Å². The van der Waals surface area contributed by atoms with Crippen molar-refractivity contribution in [2.75, 3.05) is 6.61 Å². The molecule has 0 saturated carbocycles. The average molecular weight is 323 g/mol. The predicted octanol–water partition coefficient (Wildman–Crippen LogP) is 5.62. The van der Waals surface area contributed by atoms with E-state index in [1.807, 2.05) is 67.6 Å². The lowest BCUT2D eigenvalue weighted by molar-refractivity contribution is 0.340. The van der Waals surface area contributed by atoms with Gasteiger partial charge in [0.05, 0.1) is 6.61 Å². The molecule has 0 atom stereocenters. The van der Waals surface area contributed by atoms with Crippen molar-refractivity contribution in [3.8, 4) is 5.75 Å². The Balaban J connectivity index is 2.13. The fourth-order valence-corrected chi connectivity index (χ4v) is 3.16. The van der Waals surface area contributed by atoms with Gasteiger partial charge in [0.15, 0.2) is 0 Å². The van der Waals surface area contributed by atoms with Crippen molar-refractivity contribution in [1.29, 1.82) is 0 Å². The molecular weight excluding hydrogens is 304 g/mol. The van der Waals surface area contributed by atoms with Gasteiger partial charge in [0.1, 0.15) is 10.6 Å². The minimum Gasteiger partial charge on any atom is -0.494 e. The Labute approximate surface area is 142 Å². The topological polar surface area (TPSA) is 9.23 Å². The molecule has 0 aliphatic rings. The van der Waals surface area contributed by atoms with Crippen LogP contribution < -0.4 is 4.74 Å². The van der Waals surface area contributed by atoms with Crippen LogP contribution >= 0.6 is 11.6 Å². The molecule has 2 heteroatoms. The molecule has 0 bridgehead atoms.